The van der Waals surface area contributed by atoms with Crippen molar-refractivity contribution in [1.82, 2.24) is 0 Å². The molecule has 0 bridgehead atoms. The van der Waals surface area contributed by atoms with Crippen LogP contribution in [0.3, 0.4) is 0 Å². The molecule has 1 nitrogen and oxygen atoms in total. The fourth-order valence-corrected chi connectivity index (χ4v) is 0. The van der Waals surface area contributed by atoms with E-state index in [4.69, 9.17) is 3.57 Å². The third kappa shape index (κ3) is 9.52. The van der Waals surface area contributed by atoms with Crippen molar-refractivity contribution in [1.29, 1.82) is 0 Å². The Bertz CT molecular complexity index is 8.00. The molecule has 0 saturated heterocycles. The average molecular weight is 184 g/mol. The van der Waals surface area contributed by atoms with E-state index < -0.39 is 0 Å². The van der Waals surface area contributed by atoms with E-state index in [2.05, 4.69) is 0 Å². The minimum absolute atomic E-state index is 0. The Balaban J connectivity index is -0.00000000500. The normalized spacial score (nSPS) is 1.50. The second kappa shape index (κ2) is 23.4. The van der Waals surface area contributed by atoms with Crippen molar-refractivity contribution in [2.75, 3.05) is 0 Å². The fraction of sp³-hybridized carbons (Fsp3) is 0. The van der Waals surface area contributed by atoms with Gasteiger partial charge in [-0.25, -0.2) is 0 Å². The Morgan fingerprint density at radius 3 is 1.25 bits per heavy atom. The number of hydrogen-bond acceptors (Lipinski definition) is 1. The van der Waals surface area contributed by atoms with Gasteiger partial charge in [0.05, 0.1) is 0 Å². The van der Waals surface area contributed by atoms with Crippen LogP contribution in [0, 0.1) is 0 Å². The molecule has 0 rings (SSSR count). The second-order valence-electron chi connectivity index (χ2n) is 0. The third-order valence-corrected chi connectivity index (χ3v) is 0. The van der Waals surface area contributed by atoms with Crippen molar-refractivity contribution >= 4 is 37.2 Å². The van der Waals surface area contributed by atoms with E-state index in [0.717, 1.165) is 0 Å². The Morgan fingerprint density at radius 2 is 1.25 bits per heavy atom. The van der Waals surface area contributed by atoms with Gasteiger partial charge in [-0.3, -0.25) is 0 Å². The van der Waals surface area contributed by atoms with E-state index in [9.17, 15) is 0 Å². The first-order chi connectivity index (χ1) is 1.00. The van der Waals surface area contributed by atoms with Crippen LogP contribution in [0.4, 0.5) is 0 Å². The van der Waals surface area contributed by atoms with E-state index in [1.165, 1.54) is 0 Å². The van der Waals surface area contributed by atoms with Crippen LogP contribution in [0.1, 0.15) is 0 Å². The summed E-state index contributed by atoms with van der Waals surface area (Å²) in [6.45, 7) is 0. The molecular formula is H6AlGaOZn. The van der Waals surface area contributed by atoms with Gasteiger partial charge in [0.25, 0.3) is 0 Å². The molecule has 0 N–H and O–H groups in total. The first-order valence-electron chi connectivity index (χ1n) is 0.289. The summed E-state index contributed by atoms with van der Waals surface area (Å²) >= 11 is 0.125. The second-order valence-corrected chi connectivity index (χ2v) is 0. The fourth-order valence-electron chi connectivity index (χ4n) is 0. The minimum atomic E-state index is 0. The molecule has 4 heavy (non-hydrogen) atoms. The van der Waals surface area contributed by atoms with E-state index in [0.29, 0.717) is 0 Å². The van der Waals surface area contributed by atoms with Gasteiger partial charge in [0.1, 0.15) is 0 Å². The molecule has 0 aromatic carbocycles. The van der Waals surface area contributed by atoms with Gasteiger partial charge in [0, 0.05) is 0 Å². The summed E-state index contributed by atoms with van der Waals surface area (Å²) in [5, 5.41) is 0. The van der Waals surface area contributed by atoms with E-state index in [-0.39, 0.29) is 55.4 Å². The van der Waals surface area contributed by atoms with Gasteiger partial charge in [0.2, 0.25) is 0 Å². The van der Waals surface area contributed by atoms with Gasteiger partial charge >= 0.3 is 41.6 Å². The van der Waals surface area contributed by atoms with Gasteiger partial charge in [-0.1, -0.05) is 0 Å². The molecule has 4 heteroatoms. The van der Waals surface area contributed by atoms with Crippen molar-refractivity contribution in [3.05, 3.63) is 0 Å². The van der Waals surface area contributed by atoms with E-state index in [1.54, 1.807) is 0 Å². The molecule has 0 aromatic rings. The predicted molar refractivity (Wildman–Crippen MR) is 20.6 cm³/mol. The van der Waals surface area contributed by atoms with Crippen molar-refractivity contribution in [2.24, 2.45) is 0 Å². The maximum absolute atomic E-state index is 8.38. The monoisotopic (exact) mass is 182 g/mol. The topological polar surface area (TPSA) is 17.1 Å². The summed E-state index contributed by atoms with van der Waals surface area (Å²) in [5.41, 5.74) is 0. The zero-order chi connectivity index (χ0) is 2.00. The molecule has 20 valence electrons. The van der Waals surface area contributed by atoms with Gasteiger partial charge in [-0.15, -0.1) is 0 Å². The van der Waals surface area contributed by atoms with Crippen molar-refractivity contribution in [2.45, 2.75) is 0 Å². The summed E-state index contributed by atoms with van der Waals surface area (Å²) < 4.78 is 8.38. The molecule has 0 amide bonds. The standard InChI is InChI=1S/Al.Ga.O.Zn.6H. The Morgan fingerprint density at radius 1 is 1.25 bits per heavy atom. The van der Waals surface area contributed by atoms with Gasteiger partial charge < -0.3 is 0 Å². The van der Waals surface area contributed by atoms with E-state index in [1.807, 2.05) is 0 Å². The van der Waals surface area contributed by atoms with Crippen LogP contribution in [0.25, 0.3) is 0 Å². The van der Waals surface area contributed by atoms with E-state index >= 15 is 0 Å². The van der Waals surface area contributed by atoms with Gasteiger partial charge in [-0.2, -0.15) is 0 Å². The van der Waals surface area contributed by atoms with Crippen LogP contribution < -0.4 is 0 Å². The third-order valence-electron chi connectivity index (χ3n) is 0. The van der Waals surface area contributed by atoms with Crippen LogP contribution in [0.2, 0.25) is 0 Å². The number of rotatable bonds is 0. The van der Waals surface area contributed by atoms with Crippen LogP contribution in [-0.4, -0.2) is 37.2 Å². The Labute approximate surface area is 58.7 Å². The molecule has 0 aromatic heterocycles. The van der Waals surface area contributed by atoms with Crippen molar-refractivity contribution in [3.63, 3.8) is 0 Å². The summed E-state index contributed by atoms with van der Waals surface area (Å²) in [7, 11) is 0. The number of hydrogen-bond donors (Lipinski definition) is 0. The first kappa shape index (κ1) is 17.6. The van der Waals surface area contributed by atoms with Crippen molar-refractivity contribution < 1.29 is 21.8 Å². The molecular weight excluding hydrogens is 178 g/mol. The molecule has 0 saturated carbocycles. The molecule has 0 heterocycles. The van der Waals surface area contributed by atoms with Crippen LogP contribution in [-0.2, 0) is 21.8 Å². The quantitative estimate of drug-likeness (QED) is 0.381. The molecule has 0 atom stereocenters. The zero-order valence-electron chi connectivity index (χ0n) is 1.12. The average Bonchev–Trinajstić information content (AvgIpc) is 1.00. The summed E-state index contributed by atoms with van der Waals surface area (Å²) in [6, 6.07) is 0. The molecule has 0 aliphatic rings. The van der Waals surface area contributed by atoms with Crippen LogP contribution >= 0.6 is 0 Å². The summed E-state index contributed by atoms with van der Waals surface area (Å²) in [5.74, 6) is 0. The molecule has 0 spiro atoms. The molecule has 0 radical (unpaired) electrons. The summed E-state index contributed by atoms with van der Waals surface area (Å²) in [6.07, 6.45) is 0. The molecule has 0 unspecified atom stereocenters. The van der Waals surface area contributed by atoms with Gasteiger partial charge in [-0.05, 0) is 0 Å². The molecule has 0 aliphatic carbocycles. The van der Waals surface area contributed by atoms with Crippen LogP contribution in [0.15, 0.2) is 0 Å². The van der Waals surface area contributed by atoms with Gasteiger partial charge in [0.15, 0.2) is 17.4 Å². The van der Waals surface area contributed by atoms with Crippen molar-refractivity contribution in [3.8, 4) is 0 Å². The maximum atomic E-state index is 8.38. The molecule has 0 aliphatic heterocycles. The molecule has 0 fully saturated rings. The summed E-state index contributed by atoms with van der Waals surface area (Å²) in [4.78, 5) is 0. The predicted octanol–water partition coefficient (Wildman–Crippen LogP) is -2.49. The SMILES string of the molecule is [AlH3].[GaH3].[O]=[Zn]. The zero-order valence-corrected chi connectivity index (χ0v) is 4.08. The first-order valence-corrected chi connectivity index (χ1v) is 1.50. The van der Waals surface area contributed by atoms with Crippen LogP contribution in [0.5, 0.6) is 0 Å². The Kier molecular flexibility index (Phi) is 103. The Hall–Kier alpha value is 1.59.